The van der Waals surface area contributed by atoms with Gasteiger partial charge in [-0.25, -0.2) is 0 Å². The van der Waals surface area contributed by atoms with Gasteiger partial charge in [-0.15, -0.1) is 0 Å². The summed E-state index contributed by atoms with van der Waals surface area (Å²) in [4.78, 5) is 0. The fraction of sp³-hybridized carbons (Fsp3) is 0.786. The summed E-state index contributed by atoms with van der Waals surface area (Å²) in [6.07, 6.45) is 7.13. The molecule has 1 fully saturated rings. The van der Waals surface area contributed by atoms with E-state index in [4.69, 9.17) is 5.10 Å². The number of aromatic nitrogens is 2. The molecule has 1 unspecified atom stereocenters. The summed E-state index contributed by atoms with van der Waals surface area (Å²) in [5.41, 5.74) is 1.78. The van der Waals surface area contributed by atoms with Gasteiger partial charge < -0.3 is 5.32 Å². The zero-order valence-electron chi connectivity index (χ0n) is 11.4. The van der Waals surface area contributed by atoms with E-state index in [0.29, 0.717) is 11.5 Å². The van der Waals surface area contributed by atoms with Crippen LogP contribution in [0.5, 0.6) is 0 Å². The van der Waals surface area contributed by atoms with Crippen molar-refractivity contribution in [2.75, 3.05) is 13.1 Å². The maximum absolute atomic E-state index is 4.70. The van der Waals surface area contributed by atoms with Crippen LogP contribution in [0.2, 0.25) is 0 Å². The molecule has 0 saturated heterocycles. The first-order valence-corrected chi connectivity index (χ1v) is 6.94. The molecule has 96 valence electrons. The summed E-state index contributed by atoms with van der Waals surface area (Å²) in [5.74, 6) is 0. The fourth-order valence-electron chi connectivity index (χ4n) is 2.27. The highest BCUT2D eigenvalue weighted by atomic mass is 15.3. The zero-order chi connectivity index (χ0) is 12.3. The lowest BCUT2D eigenvalue weighted by Gasteiger charge is -2.14. The van der Waals surface area contributed by atoms with Gasteiger partial charge in [0.1, 0.15) is 0 Å². The Balaban J connectivity index is 1.92. The van der Waals surface area contributed by atoms with Crippen molar-refractivity contribution in [3.63, 3.8) is 0 Å². The first kappa shape index (κ1) is 12.6. The van der Waals surface area contributed by atoms with Crippen LogP contribution >= 0.6 is 0 Å². The second kappa shape index (κ2) is 5.21. The van der Waals surface area contributed by atoms with E-state index in [1.165, 1.54) is 18.5 Å². The minimum absolute atomic E-state index is 0.518. The number of hydrogen-bond donors (Lipinski definition) is 1. The van der Waals surface area contributed by atoms with Crippen LogP contribution < -0.4 is 5.32 Å². The van der Waals surface area contributed by atoms with Gasteiger partial charge in [0.15, 0.2) is 0 Å². The number of rotatable bonds is 7. The van der Waals surface area contributed by atoms with Crippen molar-refractivity contribution in [2.24, 2.45) is 5.41 Å². The minimum atomic E-state index is 0.518. The predicted octanol–water partition coefficient (Wildman–Crippen LogP) is 2.79. The highest BCUT2D eigenvalue weighted by Gasteiger charge is 2.42. The van der Waals surface area contributed by atoms with Gasteiger partial charge in [0.25, 0.3) is 0 Å². The van der Waals surface area contributed by atoms with Crippen LogP contribution in [0.25, 0.3) is 0 Å². The van der Waals surface area contributed by atoms with E-state index in [2.05, 4.69) is 43.0 Å². The van der Waals surface area contributed by atoms with E-state index in [1.54, 1.807) is 0 Å². The van der Waals surface area contributed by atoms with Crippen molar-refractivity contribution >= 4 is 0 Å². The Bertz CT molecular complexity index is 352. The average Bonchev–Trinajstić information content (AvgIpc) is 2.94. The topological polar surface area (TPSA) is 29.9 Å². The van der Waals surface area contributed by atoms with Crippen LogP contribution in [-0.4, -0.2) is 22.9 Å². The second-order valence-electron chi connectivity index (χ2n) is 5.50. The Morgan fingerprint density at radius 3 is 2.82 bits per heavy atom. The third-order valence-electron chi connectivity index (χ3n) is 3.97. The Kier molecular flexibility index (Phi) is 3.87. The van der Waals surface area contributed by atoms with E-state index < -0.39 is 0 Å². The monoisotopic (exact) mass is 235 g/mol. The van der Waals surface area contributed by atoms with Crippen LogP contribution in [0, 0.1) is 5.41 Å². The lowest BCUT2D eigenvalue weighted by Crippen LogP contribution is -2.25. The normalized spacial score (nSPS) is 19.2. The second-order valence-corrected chi connectivity index (χ2v) is 5.50. The fourth-order valence-corrected chi connectivity index (χ4v) is 2.27. The molecule has 1 aromatic rings. The van der Waals surface area contributed by atoms with Crippen LogP contribution in [0.15, 0.2) is 12.3 Å². The molecule has 0 aromatic carbocycles. The van der Waals surface area contributed by atoms with E-state index >= 15 is 0 Å². The van der Waals surface area contributed by atoms with Gasteiger partial charge in [-0.3, -0.25) is 4.68 Å². The number of nitrogens with one attached hydrogen (secondary N) is 1. The van der Waals surface area contributed by atoms with Gasteiger partial charge in [0.2, 0.25) is 0 Å². The predicted molar refractivity (Wildman–Crippen MR) is 71.1 cm³/mol. The molecular weight excluding hydrogens is 210 g/mol. The van der Waals surface area contributed by atoms with Crippen molar-refractivity contribution in [2.45, 2.75) is 52.5 Å². The Hall–Kier alpha value is -0.830. The molecule has 0 radical (unpaired) electrons. The van der Waals surface area contributed by atoms with Gasteiger partial charge in [-0.1, -0.05) is 13.8 Å². The molecule has 17 heavy (non-hydrogen) atoms. The lowest BCUT2D eigenvalue weighted by molar-refractivity contribution is 0.440. The molecule has 0 amide bonds. The molecule has 1 N–H and O–H groups in total. The van der Waals surface area contributed by atoms with Crippen molar-refractivity contribution < 1.29 is 0 Å². The highest BCUT2D eigenvalue weighted by molar-refractivity contribution is 5.09. The molecule has 2 rings (SSSR count). The maximum Gasteiger partial charge on any atom is 0.0630 e. The largest absolute Gasteiger partial charge is 0.316 e. The molecule has 1 saturated carbocycles. The molecule has 1 aliphatic carbocycles. The average molecular weight is 235 g/mol. The Morgan fingerprint density at radius 1 is 1.47 bits per heavy atom. The Morgan fingerprint density at radius 2 is 2.24 bits per heavy atom. The SMILES string of the molecule is CCNCC1(Cc2ccn(C(C)CC)n2)CC1. The van der Waals surface area contributed by atoms with Crippen LogP contribution in [0.4, 0.5) is 0 Å². The molecule has 1 aromatic heterocycles. The van der Waals surface area contributed by atoms with E-state index in [9.17, 15) is 0 Å². The van der Waals surface area contributed by atoms with Crippen LogP contribution in [0.3, 0.4) is 0 Å². The molecule has 0 bridgehead atoms. The van der Waals surface area contributed by atoms with Crippen molar-refractivity contribution in [1.82, 2.24) is 15.1 Å². The first-order chi connectivity index (χ1) is 8.19. The molecule has 1 aliphatic rings. The van der Waals surface area contributed by atoms with Crippen LogP contribution in [-0.2, 0) is 6.42 Å². The van der Waals surface area contributed by atoms with Gasteiger partial charge >= 0.3 is 0 Å². The molecule has 0 spiro atoms. The molecular formula is C14H25N3. The van der Waals surface area contributed by atoms with E-state index in [-0.39, 0.29) is 0 Å². The maximum atomic E-state index is 4.70. The molecule has 3 heteroatoms. The molecule has 3 nitrogen and oxygen atoms in total. The molecule has 0 aliphatic heterocycles. The first-order valence-electron chi connectivity index (χ1n) is 6.94. The van der Waals surface area contributed by atoms with Gasteiger partial charge in [0.05, 0.1) is 5.69 Å². The van der Waals surface area contributed by atoms with Gasteiger partial charge in [-0.2, -0.15) is 5.10 Å². The van der Waals surface area contributed by atoms with Crippen LogP contribution in [0.1, 0.15) is 51.8 Å². The summed E-state index contributed by atoms with van der Waals surface area (Å²) in [5, 5.41) is 8.18. The standard InChI is InChI=1S/C14H25N3/c1-4-12(3)17-9-6-13(16-17)10-14(7-8-14)11-15-5-2/h6,9,12,15H,4-5,7-8,10-11H2,1-3H3. The smallest absolute Gasteiger partial charge is 0.0630 e. The van der Waals surface area contributed by atoms with E-state index in [0.717, 1.165) is 25.9 Å². The van der Waals surface area contributed by atoms with Gasteiger partial charge in [0, 0.05) is 18.8 Å². The Labute approximate surface area is 105 Å². The third-order valence-corrected chi connectivity index (χ3v) is 3.97. The van der Waals surface area contributed by atoms with Gasteiger partial charge in [-0.05, 0) is 50.6 Å². The summed E-state index contributed by atoms with van der Waals surface area (Å²) >= 11 is 0. The number of hydrogen-bond acceptors (Lipinski definition) is 2. The minimum Gasteiger partial charge on any atom is -0.316 e. The lowest BCUT2D eigenvalue weighted by atomic mass is 10.0. The number of nitrogens with zero attached hydrogens (tertiary/aromatic N) is 2. The van der Waals surface area contributed by atoms with Crippen molar-refractivity contribution in [1.29, 1.82) is 0 Å². The third kappa shape index (κ3) is 3.09. The summed E-state index contributed by atoms with van der Waals surface area (Å²) < 4.78 is 2.11. The van der Waals surface area contributed by atoms with E-state index in [1.807, 2.05) is 0 Å². The molecule has 1 atom stereocenters. The van der Waals surface area contributed by atoms with Crippen molar-refractivity contribution in [3.8, 4) is 0 Å². The highest BCUT2D eigenvalue weighted by Crippen LogP contribution is 2.47. The quantitative estimate of drug-likeness (QED) is 0.787. The van der Waals surface area contributed by atoms with Crippen molar-refractivity contribution in [3.05, 3.63) is 18.0 Å². The summed E-state index contributed by atoms with van der Waals surface area (Å²) in [6.45, 7) is 8.83. The summed E-state index contributed by atoms with van der Waals surface area (Å²) in [7, 11) is 0. The zero-order valence-corrected chi connectivity index (χ0v) is 11.4. The summed E-state index contributed by atoms with van der Waals surface area (Å²) in [6, 6.07) is 2.71. The molecule has 1 heterocycles.